The first-order valence-electron chi connectivity index (χ1n) is 7.37. The molecule has 0 heterocycles. The minimum atomic E-state index is -3.89. The summed E-state index contributed by atoms with van der Waals surface area (Å²) < 4.78 is 31.2. The van der Waals surface area contributed by atoms with Crippen LogP contribution in [0.2, 0.25) is 0 Å². The predicted molar refractivity (Wildman–Crippen MR) is 78.9 cm³/mol. The van der Waals surface area contributed by atoms with Gasteiger partial charge in [-0.2, -0.15) is 8.42 Å². The maximum absolute atomic E-state index is 11.1. The van der Waals surface area contributed by atoms with Crippen LogP contribution in [0.25, 0.3) is 0 Å². The highest BCUT2D eigenvalue weighted by atomic mass is 32.2. The maximum atomic E-state index is 11.1. The number of rotatable bonds is 6. The summed E-state index contributed by atoms with van der Waals surface area (Å²) in [4.78, 5) is 0. The van der Waals surface area contributed by atoms with Crippen LogP contribution in [-0.4, -0.2) is 31.3 Å². The number of hydrogen-bond acceptors (Lipinski definition) is 3. The van der Waals surface area contributed by atoms with Gasteiger partial charge in [0.15, 0.2) is 0 Å². The van der Waals surface area contributed by atoms with Crippen molar-refractivity contribution in [1.29, 1.82) is 0 Å². The molecule has 1 aliphatic carbocycles. The molecule has 0 saturated heterocycles. The Labute approximate surface area is 118 Å². The standard InChI is InChI=1S/C14H29NO3S/c1-14(2,3)12(11-19(16,17)18)9-10-15-13-7-5-4-6-8-13/h12-13,15H,4-11H2,1-3H3,(H,16,17,18). The minimum Gasteiger partial charge on any atom is -0.314 e. The van der Waals surface area contributed by atoms with Gasteiger partial charge < -0.3 is 5.32 Å². The van der Waals surface area contributed by atoms with Crippen LogP contribution in [0, 0.1) is 11.3 Å². The molecule has 1 saturated carbocycles. The quantitative estimate of drug-likeness (QED) is 0.739. The van der Waals surface area contributed by atoms with Gasteiger partial charge in [0.05, 0.1) is 5.75 Å². The molecule has 0 aromatic carbocycles. The summed E-state index contributed by atoms with van der Waals surface area (Å²) in [6.07, 6.45) is 7.19. The summed E-state index contributed by atoms with van der Waals surface area (Å²) in [7, 11) is -3.89. The van der Waals surface area contributed by atoms with E-state index in [-0.39, 0.29) is 17.1 Å². The number of hydrogen-bond donors (Lipinski definition) is 2. The van der Waals surface area contributed by atoms with Crippen molar-refractivity contribution in [3.05, 3.63) is 0 Å². The first-order chi connectivity index (χ1) is 8.68. The Kier molecular flexibility index (Phi) is 6.27. The highest BCUT2D eigenvalue weighted by molar-refractivity contribution is 7.85. The average molecular weight is 291 g/mol. The van der Waals surface area contributed by atoms with E-state index >= 15 is 0 Å². The summed E-state index contributed by atoms with van der Waals surface area (Å²) in [5, 5.41) is 3.53. The van der Waals surface area contributed by atoms with Crippen molar-refractivity contribution in [1.82, 2.24) is 5.32 Å². The Bertz CT molecular complexity index is 353. The molecule has 114 valence electrons. The van der Waals surface area contributed by atoms with E-state index in [0.717, 1.165) is 13.0 Å². The Balaban J connectivity index is 2.40. The molecule has 1 rings (SSSR count). The van der Waals surface area contributed by atoms with Gasteiger partial charge in [-0.25, -0.2) is 0 Å². The molecule has 19 heavy (non-hydrogen) atoms. The predicted octanol–water partition coefficient (Wildman–Crippen LogP) is 2.85. The second kappa shape index (κ2) is 7.04. The van der Waals surface area contributed by atoms with Gasteiger partial charge in [0.2, 0.25) is 0 Å². The Morgan fingerprint density at radius 3 is 2.26 bits per heavy atom. The van der Waals surface area contributed by atoms with E-state index < -0.39 is 10.1 Å². The summed E-state index contributed by atoms with van der Waals surface area (Å²) in [6.45, 7) is 6.93. The third-order valence-corrected chi connectivity index (χ3v) is 4.99. The van der Waals surface area contributed by atoms with E-state index in [4.69, 9.17) is 4.55 Å². The second-order valence-corrected chi connectivity index (χ2v) is 8.39. The molecule has 5 heteroatoms. The summed E-state index contributed by atoms with van der Waals surface area (Å²) >= 11 is 0. The van der Waals surface area contributed by atoms with Gasteiger partial charge >= 0.3 is 0 Å². The van der Waals surface area contributed by atoms with Gasteiger partial charge in [0.1, 0.15) is 0 Å². The Morgan fingerprint density at radius 2 is 1.79 bits per heavy atom. The monoisotopic (exact) mass is 291 g/mol. The van der Waals surface area contributed by atoms with Crippen molar-refractivity contribution in [3.8, 4) is 0 Å². The first kappa shape index (κ1) is 16.9. The van der Waals surface area contributed by atoms with Gasteiger partial charge in [0.25, 0.3) is 10.1 Å². The molecule has 0 radical (unpaired) electrons. The van der Waals surface area contributed by atoms with Crippen molar-refractivity contribution in [2.24, 2.45) is 11.3 Å². The minimum absolute atomic E-state index is 0.0152. The van der Waals surface area contributed by atoms with Gasteiger partial charge in [-0.05, 0) is 37.1 Å². The lowest BCUT2D eigenvalue weighted by Crippen LogP contribution is -2.36. The largest absolute Gasteiger partial charge is 0.314 e. The molecular formula is C14H29NO3S. The molecular weight excluding hydrogens is 262 g/mol. The molecule has 1 aliphatic rings. The highest BCUT2D eigenvalue weighted by Gasteiger charge is 2.28. The highest BCUT2D eigenvalue weighted by Crippen LogP contribution is 2.29. The van der Waals surface area contributed by atoms with Gasteiger partial charge in [-0.1, -0.05) is 40.0 Å². The van der Waals surface area contributed by atoms with E-state index in [1.54, 1.807) is 0 Å². The Morgan fingerprint density at radius 1 is 1.21 bits per heavy atom. The van der Waals surface area contributed by atoms with Crippen molar-refractivity contribution < 1.29 is 13.0 Å². The molecule has 0 spiro atoms. The second-order valence-electron chi connectivity index (χ2n) is 6.89. The van der Waals surface area contributed by atoms with Crippen LogP contribution in [0.15, 0.2) is 0 Å². The molecule has 0 amide bonds. The van der Waals surface area contributed by atoms with E-state index in [1.165, 1.54) is 32.1 Å². The Hall–Kier alpha value is -0.130. The van der Waals surface area contributed by atoms with Crippen LogP contribution < -0.4 is 5.32 Å². The summed E-state index contributed by atoms with van der Waals surface area (Å²) in [6, 6.07) is 0.597. The van der Waals surface area contributed by atoms with Crippen LogP contribution in [0.3, 0.4) is 0 Å². The van der Waals surface area contributed by atoms with Crippen LogP contribution in [0.5, 0.6) is 0 Å². The lowest BCUT2D eigenvalue weighted by molar-refractivity contribution is 0.237. The molecule has 0 bridgehead atoms. The molecule has 0 aromatic heterocycles. The van der Waals surface area contributed by atoms with Crippen LogP contribution in [-0.2, 0) is 10.1 Å². The SMILES string of the molecule is CC(C)(C)C(CCNC1CCCCC1)CS(=O)(=O)O. The van der Waals surface area contributed by atoms with E-state index in [9.17, 15) is 8.42 Å². The van der Waals surface area contributed by atoms with Crippen molar-refractivity contribution in [2.75, 3.05) is 12.3 Å². The topological polar surface area (TPSA) is 66.4 Å². The molecule has 4 nitrogen and oxygen atoms in total. The molecule has 1 atom stereocenters. The third-order valence-electron chi connectivity index (χ3n) is 4.17. The van der Waals surface area contributed by atoms with E-state index in [1.807, 2.05) is 20.8 Å². The maximum Gasteiger partial charge on any atom is 0.265 e. The lowest BCUT2D eigenvalue weighted by Gasteiger charge is -2.31. The van der Waals surface area contributed by atoms with E-state index in [2.05, 4.69) is 5.32 Å². The smallest absolute Gasteiger partial charge is 0.265 e. The number of nitrogens with one attached hydrogen (secondary N) is 1. The lowest BCUT2D eigenvalue weighted by atomic mass is 9.80. The van der Waals surface area contributed by atoms with Crippen molar-refractivity contribution >= 4 is 10.1 Å². The van der Waals surface area contributed by atoms with Crippen molar-refractivity contribution in [3.63, 3.8) is 0 Å². The zero-order chi connectivity index (χ0) is 14.5. The fraction of sp³-hybridized carbons (Fsp3) is 1.00. The van der Waals surface area contributed by atoms with Crippen LogP contribution in [0.1, 0.15) is 59.3 Å². The third kappa shape index (κ3) is 7.28. The summed E-state index contributed by atoms with van der Waals surface area (Å²) in [5.74, 6) is -0.151. The van der Waals surface area contributed by atoms with Gasteiger partial charge in [0, 0.05) is 6.04 Å². The zero-order valence-electron chi connectivity index (χ0n) is 12.5. The van der Waals surface area contributed by atoms with Gasteiger partial charge in [-0.15, -0.1) is 0 Å². The fourth-order valence-electron chi connectivity index (χ4n) is 2.79. The first-order valence-corrected chi connectivity index (χ1v) is 8.98. The fourth-order valence-corrected chi connectivity index (χ4v) is 3.96. The van der Waals surface area contributed by atoms with Gasteiger partial charge in [-0.3, -0.25) is 4.55 Å². The summed E-state index contributed by atoms with van der Waals surface area (Å²) in [5.41, 5.74) is -0.107. The average Bonchev–Trinajstić information content (AvgIpc) is 2.26. The van der Waals surface area contributed by atoms with E-state index in [0.29, 0.717) is 6.04 Å². The molecule has 2 N–H and O–H groups in total. The normalized spacial score (nSPS) is 20.4. The molecule has 0 aliphatic heterocycles. The van der Waals surface area contributed by atoms with Crippen molar-refractivity contribution in [2.45, 2.75) is 65.3 Å². The molecule has 1 unspecified atom stereocenters. The molecule has 0 aromatic rings. The van der Waals surface area contributed by atoms with Crippen LogP contribution >= 0.6 is 0 Å². The zero-order valence-corrected chi connectivity index (χ0v) is 13.3. The molecule has 1 fully saturated rings. The van der Waals surface area contributed by atoms with Crippen LogP contribution in [0.4, 0.5) is 0 Å².